The maximum absolute atomic E-state index is 11.4. The van der Waals surface area contributed by atoms with Crippen LogP contribution < -0.4 is 11.1 Å². The third kappa shape index (κ3) is 10.4. The van der Waals surface area contributed by atoms with Gasteiger partial charge in [-0.3, -0.25) is 24.4 Å². The van der Waals surface area contributed by atoms with Gasteiger partial charge in [-0.25, -0.2) is 19.9 Å². The Morgan fingerprint density at radius 3 is 1.64 bits per heavy atom. The molecule has 0 aliphatic rings. The fourth-order valence-electron chi connectivity index (χ4n) is 3.94. The SMILES string of the molecule is C.CC(=O)Nc1nc(-c2cccnc2)nc2ccc(Br)cc12.CC(=O)OC(C)=O.Nc1nc(-c2cccnc2)nc2ccc(Br)cc12. The molecule has 3 N–H and O–H groups in total. The minimum atomic E-state index is -0.562. The number of nitrogens with zero attached hydrogens (tertiary/aromatic N) is 6. The molecule has 4 aromatic heterocycles. The summed E-state index contributed by atoms with van der Waals surface area (Å²) in [5.41, 5.74) is 9.21. The number of hydrogen-bond donors (Lipinski definition) is 2. The van der Waals surface area contributed by atoms with Gasteiger partial charge in [0.1, 0.15) is 11.6 Å². The van der Waals surface area contributed by atoms with Gasteiger partial charge >= 0.3 is 11.9 Å². The molecular weight excluding hydrogens is 732 g/mol. The number of carbonyl (C=O) groups is 3. The molecule has 0 saturated heterocycles. The lowest BCUT2D eigenvalue weighted by Gasteiger charge is -2.09. The molecule has 0 atom stereocenters. The lowest BCUT2D eigenvalue weighted by atomic mass is 10.2. The Morgan fingerprint density at radius 2 is 1.19 bits per heavy atom. The van der Waals surface area contributed by atoms with E-state index in [0.29, 0.717) is 23.3 Å². The monoisotopic (exact) mass is 760 g/mol. The van der Waals surface area contributed by atoms with Crippen LogP contribution in [0.3, 0.4) is 0 Å². The molecule has 4 heterocycles. The molecule has 0 aliphatic carbocycles. The molecule has 0 saturated carbocycles. The summed E-state index contributed by atoms with van der Waals surface area (Å²) in [4.78, 5) is 56.9. The Balaban J connectivity index is 0.000000211. The number of esters is 2. The molecule has 12 nitrogen and oxygen atoms in total. The van der Waals surface area contributed by atoms with E-state index in [2.05, 4.69) is 71.8 Å². The molecule has 1 amide bonds. The minimum absolute atomic E-state index is 0. The van der Waals surface area contributed by atoms with Crippen molar-refractivity contribution < 1.29 is 19.1 Å². The first-order valence-electron chi connectivity index (χ1n) is 13.5. The predicted molar refractivity (Wildman–Crippen MR) is 189 cm³/mol. The van der Waals surface area contributed by atoms with Crippen molar-refractivity contribution >= 4 is 83.1 Å². The molecule has 47 heavy (non-hydrogen) atoms. The summed E-state index contributed by atoms with van der Waals surface area (Å²) in [5, 5.41) is 4.38. The van der Waals surface area contributed by atoms with E-state index in [1.54, 1.807) is 24.8 Å². The highest BCUT2D eigenvalue weighted by Gasteiger charge is 2.11. The van der Waals surface area contributed by atoms with Crippen LogP contribution in [-0.4, -0.2) is 47.7 Å². The smallest absolute Gasteiger partial charge is 0.310 e. The number of nitrogen functional groups attached to an aromatic ring is 1. The first-order valence-corrected chi connectivity index (χ1v) is 15.1. The third-order valence-electron chi connectivity index (χ3n) is 5.77. The predicted octanol–water partition coefficient (Wildman–Crippen LogP) is 7.18. The van der Waals surface area contributed by atoms with Gasteiger partial charge in [0.05, 0.1) is 11.0 Å². The Bertz CT molecular complexity index is 2020. The molecule has 14 heteroatoms. The normalized spacial score (nSPS) is 9.98. The van der Waals surface area contributed by atoms with Crippen LogP contribution in [0, 0.1) is 0 Å². The Morgan fingerprint density at radius 1 is 0.702 bits per heavy atom. The van der Waals surface area contributed by atoms with Crippen molar-refractivity contribution in [2.24, 2.45) is 0 Å². The molecule has 2 aromatic carbocycles. The van der Waals surface area contributed by atoms with Gasteiger partial charge in [0.15, 0.2) is 11.6 Å². The summed E-state index contributed by atoms with van der Waals surface area (Å²) in [7, 11) is 0. The van der Waals surface area contributed by atoms with Crippen LogP contribution in [0.4, 0.5) is 11.6 Å². The van der Waals surface area contributed by atoms with Crippen LogP contribution in [0.15, 0.2) is 94.4 Å². The van der Waals surface area contributed by atoms with Crippen molar-refractivity contribution in [1.29, 1.82) is 0 Å². The van der Waals surface area contributed by atoms with Crippen LogP contribution in [0.1, 0.15) is 28.2 Å². The molecular formula is C33H30Br2N8O4. The van der Waals surface area contributed by atoms with E-state index in [1.165, 1.54) is 20.8 Å². The lowest BCUT2D eigenvalue weighted by molar-refractivity contribution is -0.156. The summed E-state index contributed by atoms with van der Waals surface area (Å²) < 4.78 is 5.83. The number of rotatable bonds is 3. The fourth-order valence-corrected chi connectivity index (χ4v) is 4.66. The van der Waals surface area contributed by atoms with E-state index in [1.807, 2.05) is 60.7 Å². The number of carbonyl (C=O) groups excluding carboxylic acids is 3. The maximum atomic E-state index is 11.4. The average Bonchev–Trinajstić information content (AvgIpc) is 3.02. The molecule has 6 rings (SSSR count). The van der Waals surface area contributed by atoms with Crippen molar-refractivity contribution in [2.75, 3.05) is 11.1 Å². The van der Waals surface area contributed by atoms with Crippen LogP contribution in [0.5, 0.6) is 0 Å². The zero-order valence-corrected chi connectivity index (χ0v) is 27.9. The number of nitrogens with one attached hydrogen (secondary N) is 1. The standard InChI is InChI=1S/C15H11BrN4O.C13H9BrN4.C4H6O3.CH4/c1-9(21)18-15-12-7-11(16)4-5-13(12)19-14(20-15)10-3-2-6-17-8-10;14-9-3-4-11-10(6-9)12(15)18-13(17-11)8-2-1-5-16-7-8;1-3(5)7-4(2)6;/h2-8H,1H3,(H,18,19,20,21);1-7H,(H2,15,17,18);1-2H3;1H4. The van der Waals surface area contributed by atoms with E-state index in [4.69, 9.17) is 5.73 Å². The quantitative estimate of drug-likeness (QED) is 0.138. The van der Waals surface area contributed by atoms with Gasteiger partial charge in [0, 0.05) is 76.4 Å². The first-order chi connectivity index (χ1) is 22.0. The number of aromatic nitrogens is 6. The van der Waals surface area contributed by atoms with E-state index < -0.39 is 11.9 Å². The van der Waals surface area contributed by atoms with Gasteiger partial charge in [-0.05, 0) is 60.7 Å². The summed E-state index contributed by atoms with van der Waals surface area (Å²) >= 11 is 6.83. The number of nitrogens with two attached hydrogens (primary N) is 1. The van der Waals surface area contributed by atoms with Gasteiger partial charge in [-0.15, -0.1) is 0 Å². The molecule has 240 valence electrons. The van der Waals surface area contributed by atoms with Crippen LogP contribution in [-0.2, 0) is 19.1 Å². The van der Waals surface area contributed by atoms with Gasteiger partial charge in [0.2, 0.25) is 5.91 Å². The zero-order chi connectivity index (χ0) is 33.2. The summed E-state index contributed by atoms with van der Waals surface area (Å²) in [6, 6.07) is 18.9. The van der Waals surface area contributed by atoms with Crippen molar-refractivity contribution in [3.05, 3.63) is 94.4 Å². The molecule has 0 aliphatic heterocycles. The van der Waals surface area contributed by atoms with Crippen molar-refractivity contribution in [3.8, 4) is 22.8 Å². The number of amides is 1. The largest absolute Gasteiger partial charge is 0.394 e. The molecule has 0 bridgehead atoms. The van der Waals surface area contributed by atoms with Crippen LogP contribution >= 0.6 is 31.9 Å². The Kier molecular flexibility index (Phi) is 13.0. The van der Waals surface area contributed by atoms with Crippen LogP contribution in [0.2, 0.25) is 0 Å². The second-order valence-corrected chi connectivity index (χ2v) is 11.2. The third-order valence-corrected chi connectivity index (χ3v) is 6.75. The Hall–Kier alpha value is -5.21. The second-order valence-electron chi connectivity index (χ2n) is 9.40. The first kappa shape index (κ1) is 36.3. The van der Waals surface area contributed by atoms with E-state index in [-0.39, 0.29) is 13.3 Å². The summed E-state index contributed by atoms with van der Waals surface area (Å²) in [5.74, 6) is 0.789. The lowest BCUT2D eigenvalue weighted by Crippen LogP contribution is -2.09. The Labute approximate surface area is 287 Å². The van der Waals surface area contributed by atoms with Gasteiger partial charge in [-0.1, -0.05) is 39.3 Å². The number of halogens is 2. The number of hydrogen-bond acceptors (Lipinski definition) is 11. The number of benzene rings is 2. The van der Waals surface area contributed by atoms with E-state index >= 15 is 0 Å². The molecule has 0 spiro atoms. The molecule has 0 fully saturated rings. The topological polar surface area (TPSA) is 176 Å². The van der Waals surface area contributed by atoms with Gasteiger partial charge in [-0.2, -0.15) is 0 Å². The highest BCUT2D eigenvalue weighted by atomic mass is 79.9. The molecule has 0 unspecified atom stereocenters. The zero-order valence-electron chi connectivity index (χ0n) is 24.7. The highest BCUT2D eigenvalue weighted by molar-refractivity contribution is 9.10. The average molecular weight is 762 g/mol. The van der Waals surface area contributed by atoms with Gasteiger partial charge in [0.25, 0.3) is 0 Å². The molecule has 0 radical (unpaired) electrons. The number of anilines is 2. The maximum Gasteiger partial charge on any atom is 0.310 e. The van der Waals surface area contributed by atoms with Crippen molar-refractivity contribution in [2.45, 2.75) is 28.2 Å². The highest BCUT2D eigenvalue weighted by Crippen LogP contribution is 2.28. The van der Waals surface area contributed by atoms with E-state index in [0.717, 1.165) is 41.9 Å². The van der Waals surface area contributed by atoms with Crippen LogP contribution in [0.25, 0.3) is 44.6 Å². The number of ether oxygens (including phenoxy) is 1. The van der Waals surface area contributed by atoms with Crippen molar-refractivity contribution in [1.82, 2.24) is 29.9 Å². The number of pyridine rings is 2. The van der Waals surface area contributed by atoms with Crippen molar-refractivity contribution in [3.63, 3.8) is 0 Å². The second kappa shape index (κ2) is 16.9. The fraction of sp³-hybridized carbons (Fsp3) is 0.121. The summed E-state index contributed by atoms with van der Waals surface area (Å²) in [6.45, 7) is 3.82. The minimum Gasteiger partial charge on any atom is -0.394 e. The number of fused-ring (bicyclic) bond motifs is 2. The molecule has 6 aromatic rings. The van der Waals surface area contributed by atoms with Gasteiger partial charge < -0.3 is 15.8 Å². The summed E-state index contributed by atoms with van der Waals surface area (Å²) in [6.07, 6.45) is 6.82. The van der Waals surface area contributed by atoms with E-state index in [9.17, 15) is 14.4 Å².